The third-order valence-electron chi connectivity index (χ3n) is 5.36. The number of alkyl carbamates (subject to hydrolysis) is 1. The van der Waals surface area contributed by atoms with Crippen LogP contribution in [0.25, 0.3) is 11.1 Å². The van der Waals surface area contributed by atoms with Crippen molar-refractivity contribution in [1.29, 1.82) is 0 Å². The lowest BCUT2D eigenvalue weighted by Crippen LogP contribution is -2.48. The molecule has 2 amide bonds. The number of fused-ring (bicyclic) bond motifs is 3. The van der Waals surface area contributed by atoms with Crippen LogP contribution in [0.15, 0.2) is 48.5 Å². The van der Waals surface area contributed by atoms with Gasteiger partial charge in [-0.2, -0.15) is 13.2 Å². The number of aliphatic carboxylic acids is 1. The summed E-state index contributed by atoms with van der Waals surface area (Å²) in [5, 5.41) is 22.2. The van der Waals surface area contributed by atoms with E-state index in [-0.39, 0.29) is 12.5 Å². The van der Waals surface area contributed by atoms with Crippen LogP contribution >= 0.6 is 0 Å². The van der Waals surface area contributed by atoms with Crippen molar-refractivity contribution in [3.8, 4) is 11.1 Å². The van der Waals surface area contributed by atoms with Crippen molar-refractivity contribution in [2.75, 3.05) is 13.2 Å². The van der Waals surface area contributed by atoms with Gasteiger partial charge in [0.1, 0.15) is 12.6 Å². The average Bonchev–Trinajstić information content (AvgIpc) is 3.08. The molecule has 0 aromatic heterocycles. The number of hydrogen-bond donors (Lipinski definition) is 4. The first-order chi connectivity index (χ1) is 16.1. The molecule has 182 valence electrons. The first-order valence-corrected chi connectivity index (χ1v) is 10.4. The van der Waals surface area contributed by atoms with Crippen molar-refractivity contribution in [1.82, 2.24) is 10.6 Å². The van der Waals surface area contributed by atoms with Crippen molar-refractivity contribution in [3.05, 3.63) is 59.7 Å². The summed E-state index contributed by atoms with van der Waals surface area (Å²) in [6.07, 6.45) is -9.43. The van der Waals surface area contributed by atoms with Crippen LogP contribution in [0.5, 0.6) is 0 Å². The lowest BCUT2D eigenvalue weighted by atomic mass is 9.98. The van der Waals surface area contributed by atoms with Gasteiger partial charge in [-0.25, -0.2) is 4.79 Å². The molecule has 0 saturated carbocycles. The van der Waals surface area contributed by atoms with Crippen LogP contribution in [-0.4, -0.2) is 59.7 Å². The van der Waals surface area contributed by atoms with E-state index in [1.165, 1.54) is 5.32 Å². The Bertz CT molecular complexity index is 1010. The fourth-order valence-electron chi connectivity index (χ4n) is 3.81. The minimum atomic E-state index is -4.96. The lowest BCUT2D eigenvalue weighted by molar-refractivity contribution is -0.170. The SMILES string of the molecule is O=C(O)CC(NC(=O)CC(O)CNC(=O)OCC1c2ccccc2-c2ccccc21)C(F)(F)F. The number of alkyl halides is 3. The third-order valence-corrected chi connectivity index (χ3v) is 5.36. The zero-order valence-corrected chi connectivity index (χ0v) is 17.8. The maximum absolute atomic E-state index is 12.8. The molecule has 3 rings (SSSR count). The van der Waals surface area contributed by atoms with E-state index in [0.717, 1.165) is 22.3 Å². The Kier molecular flexibility index (Phi) is 7.77. The summed E-state index contributed by atoms with van der Waals surface area (Å²) in [4.78, 5) is 34.4. The molecule has 0 aliphatic heterocycles. The number of amides is 2. The second-order valence-electron chi connectivity index (χ2n) is 7.82. The number of benzene rings is 2. The number of hydrogen-bond acceptors (Lipinski definition) is 5. The van der Waals surface area contributed by atoms with E-state index < -0.39 is 55.7 Å². The monoisotopic (exact) mass is 480 g/mol. The lowest BCUT2D eigenvalue weighted by Gasteiger charge is -2.21. The summed E-state index contributed by atoms with van der Waals surface area (Å²) in [5.41, 5.74) is 4.12. The number of halogens is 3. The van der Waals surface area contributed by atoms with Gasteiger partial charge in [0.25, 0.3) is 0 Å². The van der Waals surface area contributed by atoms with Gasteiger partial charge in [0.2, 0.25) is 5.91 Å². The highest BCUT2D eigenvalue weighted by Crippen LogP contribution is 2.44. The number of carboxylic acid groups (broad SMARTS) is 1. The third kappa shape index (κ3) is 6.25. The summed E-state index contributed by atoms with van der Waals surface area (Å²) in [5.74, 6) is -3.12. The largest absolute Gasteiger partial charge is 0.481 e. The predicted molar refractivity (Wildman–Crippen MR) is 114 cm³/mol. The first-order valence-electron chi connectivity index (χ1n) is 10.4. The molecule has 11 heteroatoms. The van der Waals surface area contributed by atoms with Gasteiger partial charge in [-0.1, -0.05) is 48.5 Å². The molecule has 34 heavy (non-hydrogen) atoms. The van der Waals surface area contributed by atoms with Gasteiger partial charge in [-0.3, -0.25) is 9.59 Å². The van der Waals surface area contributed by atoms with Crippen LogP contribution in [0.1, 0.15) is 29.9 Å². The van der Waals surface area contributed by atoms with Gasteiger partial charge in [-0.05, 0) is 22.3 Å². The number of carbonyl (C=O) groups is 3. The van der Waals surface area contributed by atoms with E-state index in [1.807, 2.05) is 48.5 Å². The number of ether oxygens (including phenoxy) is 1. The highest BCUT2D eigenvalue weighted by atomic mass is 19.4. The Morgan fingerprint density at radius 3 is 2.06 bits per heavy atom. The topological polar surface area (TPSA) is 125 Å². The average molecular weight is 480 g/mol. The molecule has 8 nitrogen and oxygen atoms in total. The normalized spacial score (nSPS) is 14.5. The van der Waals surface area contributed by atoms with Gasteiger partial charge in [-0.15, -0.1) is 0 Å². The Morgan fingerprint density at radius 2 is 1.53 bits per heavy atom. The molecule has 1 aliphatic carbocycles. The molecule has 2 aromatic rings. The Hall–Kier alpha value is -3.60. The Labute approximate surface area is 192 Å². The van der Waals surface area contributed by atoms with E-state index in [1.54, 1.807) is 0 Å². The minimum Gasteiger partial charge on any atom is -0.481 e. The zero-order valence-electron chi connectivity index (χ0n) is 17.8. The highest BCUT2D eigenvalue weighted by molar-refractivity contribution is 5.79. The minimum absolute atomic E-state index is 0.0267. The van der Waals surface area contributed by atoms with E-state index in [2.05, 4.69) is 5.32 Å². The van der Waals surface area contributed by atoms with E-state index >= 15 is 0 Å². The van der Waals surface area contributed by atoms with Crippen molar-refractivity contribution in [2.24, 2.45) is 0 Å². The second-order valence-corrected chi connectivity index (χ2v) is 7.82. The second kappa shape index (κ2) is 10.6. The quantitative estimate of drug-likeness (QED) is 0.438. The molecule has 0 radical (unpaired) electrons. The predicted octanol–water partition coefficient (Wildman–Crippen LogP) is 2.80. The smallest absolute Gasteiger partial charge is 0.409 e. The summed E-state index contributed by atoms with van der Waals surface area (Å²) in [7, 11) is 0. The van der Waals surface area contributed by atoms with Crippen LogP contribution < -0.4 is 10.6 Å². The first kappa shape index (κ1) is 25.0. The molecule has 2 atom stereocenters. The van der Waals surface area contributed by atoms with E-state index in [4.69, 9.17) is 9.84 Å². The maximum atomic E-state index is 12.8. The molecule has 0 saturated heterocycles. The van der Waals surface area contributed by atoms with E-state index in [0.29, 0.717) is 0 Å². The number of aliphatic hydroxyl groups is 1. The molecular formula is C23H23F3N2O6. The molecule has 0 fully saturated rings. The molecular weight excluding hydrogens is 457 g/mol. The van der Waals surface area contributed by atoms with Crippen LogP contribution in [0.4, 0.5) is 18.0 Å². The van der Waals surface area contributed by atoms with E-state index in [9.17, 15) is 32.7 Å². The standard InChI is InChI=1S/C23H23F3N2O6/c24-23(25,26)19(10-21(31)32)28-20(30)9-13(29)11-27-22(33)34-12-18-16-7-3-1-5-14(16)15-6-2-4-8-17(15)18/h1-8,13,18-19,29H,9-12H2,(H,27,33)(H,28,30)(H,31,32). The maximum Gasteiger partial charge on any atom is 0.409 e. The van der Waals surface area contributed by atoms with Crippen molar-refractivity contribution < 1.29 is 42.5 Å². The van der Waals surface area contributed by atoms with Crippen molar-refractivity contribution in [3.63, 3.8) is 0 Å². The van der Waals surface area contributed by atoms with Crippen LogP contribution in [0.2, 0.25) is 0 Å². The number of carbonyl (C=O) groups excluding carboxylic acids is 2. The molecule has 2 unspecified atom stereocenters. The fraction of sp³-hybridized carbons (Fsp3) is 0.348. The summed E-state index contributed by atoms with van der Waals surface area (Å²) >= 11 is 0. The molecule has 0 heterocycles. The number of carboxylic acids is 1. The van der Waals surface area contributed by atoms with Crippen LogP contribution in [0, 0.1) is 0 Å². The number of aliphatic hydroxyl groups excluding tert-OH is 1. The summed E-state index contributed by atoms with van der Waals surface area (Å²) < 4.78 is 43.7. The van der Waals surface area contributed by atoms with Gasteiger partial charge < -0.3 is 25.6 Å². The number of nitrogens with one attached hydrogen (secondary N) is 2. The van der Waals surface area contributed by atoms with Crippen LogP contribution in [0.3, 0.4) is 0 Å². The highest BCUT2D eigenvalue weighted by Gasteiger charge is 2.42. The molecule has 0 bridgehead atoms. The molecule has 1 aliphatic rings. The van der Waals surface area contributed by atoms with Gasteiger partial charge in [0.05, 0.1) is 18.9 Å². The molecule has 2 aromatic carbocycles. The summed E-state index contributed by atoms with van der Waals surface area (Å²) in [6, 6.07) is 12.9. The van der Waals surface area contributed by atoms with Crippen LogP contribution in [-0.2, 0) is 14.3 Å². The Morgan fingerprint density at radius 1 is 0.971 bits per heavy atom. The summed E-state index contributed by atoms with van der Waals surface area (Å²) in [6.45, 7) is -0.418. The molecule has 4 N–H and O–H groups in total. The van der Waals surface area contributed by atoms with Gasteiger partial charge in [0, 0.05) is 12.5 Å². The van der Waals surface area contributed by atoms with Crippen molar-refractivity contribution >= 4 is 18.0 Å². The fourth-order valence-corrected chi connectivity index (χ4v) is 3.81. The Balaban J connectivity index is 1.47. The van der Waals surface area contributed by atoms with Gasteiger partial charge >= 0.3 is 18.2 Å². The zero-order chi connectivity index (χ0) is 24.9. The van der Waals surface area contributed by atoms with Crippen molar-refractivity contribution in [2.45, 2.75) is 37.1 Å². The number of rotatable bonds is 9. The molecule has 0 spiro atoms. The van der Waals surface area contributed by atoms with Gasteiger partial charge in [0.15, 0.2) is 0 Å².